The number of anilines is 3. The van der Waals surface area contributed by atoms with Gasteiger partial charge in [-0.1, -0.05) is 17.7 Å². The van der Waals surface area contributed by atoms with Crippen LogP contribution in [-0.4, -0.2) is 32.2 Å². The summed E-state index contributed by atoms with van der Waals surface area (Å²) in [6, 6.07) is 13.6. The Bertz CT molecular complexity index is 1490. The molecule has 0 saturated heterocycles. The highest BCUT2D eigenvalue weighted by molar-refractivity contribution is 6.30. The Kier molecular flexibility index (Phi) is 5.93. The molecule has 3 aromatic heterocycles. The summed E-state index contributed by atoms with van der Waals surface area (Å²) in [6.45, 7) is 2.51. The van der Waals surface area contributed by atoms with Crippen LogP contribution in [0.25, 0.3) is 11.1 Å². The molecule has 0 spiro atoms. The van der Waals surface area contributed by atoms with E-state index in [1.165, 1.54) is 0 Å². The Labute approximate surface area is 207 Å². The molecule has 1 aliphatic rings. The molecule has 4 aromatic rings. The maximum Gasteiger partial charge on any atom is 0.231 e. The molecule has 35 heavy (non-hydrogen) atoms. The van der Waals surface area contributed by atoms with Crippen molar-refractivity contribution < 1.29 is 4.79 Å². The van der Waals surface area contributed by atoms with Crippen LogP contribution in [0.3, 0.4) is 0 Å². The minimum absolute atomic E-state index is 0.106. The van der Waals surface area contributed by atoms with Crippen molar-refractivity contribution >= 4 is 34.8 Å². The standard InChI is InChI=1S/C26H22ClN7O/c1-16-15-30-22(32-23-5-8-31-33(23)2)13-21(16)19-10-17-6-9-34(25(17)20(11-19)14-28)24(35)12-18-4-3-7-29-26(18)27/h3-5,7-8,10-11,13,15H,6,9,12H2,1-2H3,(H,30,32). The van der Waals surface area contributed by atoms with Gasteiger partial charge in [0.2, 0.25) is 5.91 Å². The molecule has 1 N–H and O–H groups in total. The van der Waals surface area contributed by atoms with E-state index in [4.69, 9.17) is 11.6 Å². The number of carbonyl (C=O) groups is 1. The van der Waals surface area contributed by atoms with Crippen LogP contribution < -0.4 is 10.2 Å². The smallest absolute Gasteiger partial charge is 0.231 e. The highest BCUT2D eigenvalue weighted by atomic mass is 35.5. The third-order valence-corrected chi connectivity index (χ3v) is 6.49. The molecule has 0 atom stereocenters. The maximum absolute atomic E-state index is 13.1. The highest BCUT2D eigenvalue weighted by Crippen LogP contribution is 2.38. The second-order valence-corrected chi connectivity index (χ2v) is 8.78. The Morgan fingerprint density at radius 1 is 1.23 bits per heavy atom. The fraction of sp³-hybridized carbons (Fsp3) is 0.192. The van der Waals surface area contributed by atoms with Crippen molar-refractivity contribution in [3.05, 3.63) is 82.4 Å². The lowest BCUT2D eigenvalue weighted by atomic mass is 9.96. The number of rotatable bonds is 5. The molecule has 1 aliphatic heterocycles. The first-order chi connectivity index (χ1) is 16.9. The molecule has 0 saturated carbocycles. The van der Waals surface area contributed by atoms with Crippen molar-refractivity contribution in [2.45, 2.75) is 19.8 Å². The van der Waals surface area contributed by atoms with E-state index in [-0.39, 0.29) is 12.3 Å². The lowest BCUT2D eigenvalue weighted by Crippen LogP contribution is -2.31. The first-order valence-electron chi connectivity index (χ1n) is 11.1. The third kappa shape index (κ3) is 4.34. The molecule has 1 amide bonds. The van der Waals surface area contributed by atoms with Crippen LogP contribution in [0.15, 0.2) is 55.0 Å². The molecule has 0 bridgehead atoms. The van der Waals surface area contributed by atoms with Gasteiger partial charge in [0.05, 0.1) is 23.9 Å². The molecule has 9 heteroatoms. The van der Waals surface area contributed by atoms with Gasteiger partial charge in [0.25, 0.3) is 0 Å². The maximum atomic E-state index is 13.1. The third-order valence-electron chi connectivity index (χ3n) is 6.15. The number of aromatic nitrogens is 4. The number of hydrogen-bond acceptors (Lipinski definition) is 6. The van der Waals surface area contributed by atoms with E-state index in [0.29, 0.717) is 40.8 Å². The van der Waals surface area contributed by atoms with Crippen molar-refractivity contribution in [2.75, 3.05) is 16.8 Å². The molecular formula is C26H22ClN7O. The molecule has 4 heterocycles. The summed E-state index contributed by atoms with van der Waals surface area (Å²) in [5.74, 6) is 1.39. The van der Waals surface area contributed by atoms with Crippen LogP contribution >= 0.6 is 11.6 Å². The van der Waals surface area contributed by atoms with Gasteiger partial charge in [0, 0.05) is 32.1 Å². The average Bonchev–Trinajstić information content (AvgIpc) is 3.47. The highest BCUT2D eigenvalue weighted by Gasteiger charge is 2.29. The summed E-state index contributed by atoms with van der Waals surface area (Å²) in [5, 5.41) is 17.7. The fourth-order valence-corrected chi connectivity index (χ4v) is 4.56. The van der Waals surface area contributed by atoms with Gasteiger partial charge < -0.3 is 10.2 Å². The van der Waals surface area contributed by atoms with Crippen molar-refractivity contribution in [2.24, 2.45) is 7.05 Å². The molecule has 0 aliphatic carbocycles. The van der Waals surface area contributed by atoms with Crippen molar-refractivity contribution in [3.63, 3.8) is 0 Å². The number of carbonyl (C=O) groups excluding carboxylic acids is 1. The zero-order valence-corrected chi connectivity index (χ0v) is 20.0. The number of fused-ring (bicyclic) bond motifs is 1. The normalized spacial score (nSPS) is 12.3. The van der Waals surface area contributed by atoms with Crippen LogP contribution in [0.5, 0.6) is 0 Å². The number of halogens is 1. The minimum Gasteiger partial charge on any atom is -0.325 e. The predicted molar refractivity (Wildman–Crippen MR) is 135 cm³/mol. The number of benzene rings is 1. The fourth-order valence-electron chi connectivity index (χ4n) is 4.38. The summed E-state index contributed by atoms with van der Waals surface area (Å²) in [6.07, 6.45) is 5.92. The van der Waals surface area contributed by atoms with Gasteiger partial charge in [-0.3, -0.25) is 9.48 Å². The number of hydrogen-bond donors (Lipinski definition) is 1. The molecule has 174 valence electrons. The van der Waals surface area contributed by atoms with E-state index >= 15 is 0 Å². The Balaban J connectivity index is 1.48. The van der Waals surface area contributed by atoms with Gasteiger partial charge in [0.1, 0.15) is 22.9 Å². The van der Waals surface area contributed by atoms with Gasteiger partial charge in [-0.05, 0) is 65.4 Å². The average molecular weight is 484 g/mol. The molecule has 8 nitrogen and oxygen atoms in total. The Hall–Kier alpha value is -4.22. The largest absolute Gasteiger partial charge is 0.325 e. The van der Waals surface area contributed by atoms with Crippen LogP contribution in [0.1, 0.15) is 22.3 Å². The van der Waals surface area contributed by atoms with Crippen LogP contribution in [0.2, 0.25) is 5.15 Å². The minimum atomic E-state index is -0.106. The van der Waals surface area contributed by atoms with E-state index in [2.05, 4.69) is 32.5 Å². The second kappa shape index (κ2) is 9.20. The molecule has 5 rings (SSSR count). The van der Waals surface area contributed by atoms with Crippen molar-refractivity contribution in [1.29, 1.82) is 5.26 Å². The number of aryl methyl sites for hydroxylation is 2. The first kappa shape index (κ1) is 22.6. The van der Waals surface area contributed by atoms with Gasteiger partial charge in [-0.2, -0.15) is 10.4 Å². The van der Waals surface area contributed by atoms with E-state index in [0.717, 1.165) is 28.1 Å². The topological polar surface area (TPSA) is 99.7 Å². The number of nitrogens with zero attached hydrogens (tertiary/aromatic N) is 6. The summed E-state index contributed by atoms with van der Waals surface area (Å²) < 4.78 is 1.73. The van der Waals surface area contributed by atoms with E-state index in [1.54, 1.807) is 40.3 Å². The monoisotopic (exact) mass is 483 g/mol. The van der Waals surface area contributed by atoms with Crippen LogP contribution in [0, 0.1) is 18.3 Å². The molecule has 0 unspecified atom stereocenters. The quantitative estimate of drug-likeness (QED) is 0.417. The number of nitrogens with one attached hydrogen (secondary N) is 1. The summed E-state index contributed by atoms with van der Waals surface area (Å²) in [5.41, 5.74) is 5.67. The lowest BCUT2D eigenvalue weighted by molar-refractivity contribution is -0.117. The summed E-state index contributed by atoms with van der Waals surface area (Å²) >= 11 is 6.15. The van der Waals surface area contributed by atoms with Gasteiger partial charge in [-0.15, -0.1) is 0 Å². The number of nitriles is 1. The van der Waals surface area contributed by atoms with E-state index in [9.17, 15) is 10.1 Å². The molecule has 1 aromatic carbocycles. The van der Waals surface area contributed by atoms with Crippen LogP contribution in [0.4, 0.5) is 17.3 Å². The van der Waals surface area contributed by atoms with Crippen molar-refractivity contribution in [1.82, 2.24) is 19.7 Å². The van der Waals surface area contributed by atoms with Gasteiger partial charge >= 0.3 is 0 Å². The Morgan fingerprint density at radius 3 is 2.83 bits per heavy atom. The second-order valence-electron chi connectivity index (χ2n) is 8.42. The zero-order chi connectivity index (χ0) is 24.5. The molecule has 0 radical (unpaired) electrons. The summed E-state index contributed by atoms with van der Waals surface area (Å²) in [7, 11) is 1.85. The Morgan fingerprint density at radius 2 is 2.09 bits per heavy atom. The number of amides is 1. The summed E-state index contributed by atoms with van der Waals surface area (Å²) in [4.78, 5) is 23.4. The predicted octanol–water partition coefficient (Wildman–Crippen LogP) is 4.59. The van der Waals surface area contributed by atoms with Crippen LogP contribution in [-0.2, 0) is 24.7 Å². The zero-order valence-electron chi connectivity index (χ0n) is 19.3. The lowest BCUT2D eigenvalue weighted by Gasteiger charge is -2.19. The van der Waals surface area contributed by atoms with E-state index in [1.807, 2.05) is 32.2 Å². The number of pyridine rings is 2. The first-order valence-corrected chi connectivity index (χ1v) is 11.5. The van der Waals surface area contributed by atoms with Gasteiger partial charge in [0.15, 0.2) is 0 Å². The molecule has 0 fully saturated rings. The van der Waals surface area contributed by atoms with Crippen molar-refractivity contribution in [3.8, 4) is 17.2 Å². The van der Waals surface area contributed by atoms with E-state index < -0.39 is 0 Å². The SMILES string of the molecule is Cc1cnc(Nc2ccnn2C)cc1-c1cc(C#N)c2c(c1)CCN2C(=O)Cc1cccnc1Cl. The van der Waals surface area contributed by atoms with Gasteiger partial charge in [-0.25, -0.2) is 9.97 Å². The molecular weight excluding hydrogens is 462 g/mol.